The fourth-order valence-electron chi connectivity index (χ4n) is 4.03. The lowest BCUT2D eigenvalue weighted by Gasteiger charge is -2.36. The quantitative estimate of drug-likeness (QED) is 0.461. The molecule has 0 spiro atoms. The molecule has 1 aromatic carbocycles. The van der Waals surface area contributed by atoms with Gasteiger partial charge in [0.05, 0.1) is 5.69 Å². The first-order valence-corrected chi connectivity index (χ1v) is 14.0. The van der Waals surface area contributed by atoms with Crippen molar-refractivity contribution in [3.05, 3.63) is 48.7 Å². The smallest absolute Gasteiger partial charge is 0.410 e. The highest BCUT2D eigenvalue weighted by Crippen LogP contribution is 2.37. The summed E-state index contributed by atoms with van der Waals surface area (Å²) in [6, 6.07) is 12.8. The summed E-state index contributed by atoms with van der Waals surface area (Å²) in [5, 5.41) is 0.811. The number of hydrogen-bond acceptors (Lipinski definition) is 7. The maximum Gasteiger partial charge on any atom is 0.410 e. The Balaban J connectivity index is 1.59. The van der Waals surface area contributed by atoms with Crippen LogP contribution in [0, 0.1) is 0 Å². The molecule has 0 N–H and O–H groups in total. The number of amides is 1. The number of hydrogen-bond donors (Lipinski definition) is 0. The highest BCUT2D eigenvalue weighted by molar-refractivity contribution is 7.95. The number of fused-ring (bicyclic) bond motifs is 1. The van der Waals surface area contributed by atoms with E-state index < -0.39 is 15.6 Å². The Morgan fingerprint density at radius 1 is 1.11 bits per heavy atom. The molecule has 3 aromatic rings. The molecule has 1 aliphatic heterocycles. The fraction of sp³-hybridized carbons (Fsp3) is 0.440. The van der Waals surface area contributed by atoms with E-state index in [0.717, 1.165) is 15.9 Å². The van der Waals surface area contributed by atoms with Crippen LogP contribution in [0.5, 0.6) is 0 Å². The molecule has 2 aromatic heterocycles. The molecule has 188 valence electrons. The summed E-state index contributed by atoms with van der Waals surface area (Å²) in [6.07, 6.45) is 2.10. The maximum absolute atomic E-state index is 13.7. The predicted octanol–water partition coefficient (Wildman–Crippen LogP) is 4.96. The van der Waals surface area contributed by atoms with Gasteiger partial charge < -0.3 is 14.5 Å². The number of rotatable bonds is 6. The molecule has 0 unspecified atom stereocenters. The third-order valence-electron chi connectivity index (χ3n) is 5.65. The Kier molecular flexibility index (Phi) is 7.23. The van der Waals surface area contributed by atoms with E-state index in [1.807, 2.05) is 64.1 Å². The zero-order valence-electron chi connectivity index (χ0n) is 20.6. The molecule has 8 nitrogen and oxygen atoms in total. The number of anilines is 2. The van der Waals surface area contributed by atoms with Crippen LogP contribution in [0.15, 0.2) is 52.9 Å². The lowest BCUT2D eigenvalue weighted by atomic mass is 10.2. The molecule has 0 saturated carbocycles. The van der Waals surface area contributed by atoms with Gasteiger partial charge in [0.2, 0.25) is 0 Å². The van der Waals surface area contributed by atoms with E-state index in [1.54, 1.807) is 17.2 Å². The number of ether oxygens (including phenoxy) is 1. The lowest BCUT2D eigenvalue weighted by molar-refractivity contribution is 0.0240. The molecule has 0 radical (unpaired) electrons. The molecule has 0 aliphatic carbocycles. The van der Waals surface area contributed by atoms with Gasteiger partial charge in [-0.05, 0) is 51.5 Å². The van der Waals surface area contributed by atoms with Crippen LogP contribution in [0.3, 0.4) is 0 Å². The Hall–Kier alpha value is -2.85. The second-order valence-corrected chi connectivity index (χ2v) is 12.7. The summed E-state index contributed by atoms with van der Waals surface area (Å²) in [5.41, 5.74) is 0.120. The first-order chi connectivity index (χ1) is 16.6. The van der Waals surface area contributed by atoms with Crippen molar-refractivity contribution in [2.45, 2.75) is 43.9 Å². The maximum atomic E-state index is 13.7. The third kappa shape index (κ3) is 5.54. The Morgan fingerprint density at radius 3 is 2.43 bits per heavy atom. The first-order valence-electron chi connectivity index (χ1n) is 11.8. The van der Waals surface area contributed by atoms with Crippen molar-refractivity contribution in [2.24, 2.45) is 0 Å². The number of nitrogens with zero attached hydrogens (tertiary/aromatic N) is 4. The van der Waals surface area contributed by atoms with Gasteiger partial charge in [-0.25, -0.2) is 18.2 Å². The number of carbonyl (C=O) groups is 1. The molecule has 0 bridgehead atoms. The van der Waals surface area contributed by atoms with Crippen LogP contribution in [-0.4, -0.2) is 62.7 Å². The van der Waals surface area contributed by atoms with Gasteiger partial charge in [-0.15, -0.1) is 11.3 Å². The van der Waals surface area contributed by atoms with Gasteiger partial charge >= 0.3 is 6.09 Å². The van der Waals surface area contributed by atoms with E-state index >= 15 is 0 Å². The predicted molar refractivity (Wildman–Crippen MR) is 141 cm³/mol. The fourth-order valence-corrected chi connectivity index (χ4v) is 7.08. The van der Waals surface area contributed by atoms with Gasteiger partial charge in [0.1, 0.15) is 15.6 Å². The van der Waals surface area contributed by atoms with E-state index in [1.165, 1.54) is 15.6 Å². The van der Waals surface area contributed by atoms with Gasteiger partial charge in [-0.3, -0.25) is 4.31 Å². The van der Waals surface area contributed by atoms with Gasteiger partial charge in [0, 0.05) is 49.0 Å². The number of sulfonamides is 1. The highest BCUT2D eigenvalue weighted by Gasteiger charge is 2.30. The summed E-state index contributed by atoms with van der Waals surface area (Å²) in [6.45, 7) is 10.1. The van der Waals surface area contributed by atoms with Gasteiger partial charge in [-0.2, -0.15) is 0 Å². The Bertz CT molecular complexity index is 1280. The summed E-state index contributed by atoms with van der Waals surface area (Å²) < 4.78 is 35.4. The topological polar surface area (TPSA) is 83.1 Å². The molecule has 1 saturated heterocycles. The highest BCUT2D eigenvalue weighted by atomic mass is 32.2. The molecule has 4 rings (SSSR count). The summed E-state index contributed by atoms with van der Waals surface area (Å²) in [4.78, 5) is 20.8. The Morgan fingerprint density at radius 2 is 1.80 bits per heavy atom. The standard InChI is InChI=1S/C25H32N4O4S2/c1-5-13-29(19-9-7-6-8-10-19)35(31,32)22-18-20-21(34-22)11-12-26-23(20)27-14-16-28(17-15-27)24(30)33-25(2,3)4/h6-12,18H,5,13-17H2,1-4H3. The number of pyridine rings is 1. The van der Waals surface area contributed by atoms with Crippen molar-refractivity contribution in [3.63, 3.8) is 0 Å². The largest absolute Gasteiger partial charge is 0.444 e. The van der Waals surface area contributed by atoms with E-state index in [4.69, 9.17) is 4.74 Å². The first kappa shape index (κ1) is 25.2. The van der Waals surface area contributed by atoms with Crippen molar-refractivity contribution < 1.29 is 17.9 Å². The average Bonchev–Trinajstić information content (AvgIpc) is 3.27. The number of aromatic nitrogens is 1. The molecule has 10 heteroatoms. The number of thiophene rings is 1. The van der Waals surface area contributed by atoms with Crippen molar-refractivity contribution in [2.75, 3.05) is 41.9 Å². The molecule has 35 heavy (non-hydrogen) atoms. The minimum absolute atomic E-state index is 0.298. The van der Waals surface area contributed by atoms with E-state index in [2.05, 4.69) is 9.88 Å². The molecule has 0 atom stereocenters. The third-order valence-corrected chi connectivity index (χ3v) is 9.02. The summed E-state index contributed by atoms with van der Waals surface area (Å²) in [5.74, 6) is 0.741. The number of piperazine rings is 1. The van der Waals surface area contributed by atoms with Crippen molar-refractivity contribution in [1.29, 1.82) is 0 Å². The summed E-state index contributed by atoms with van der Waals surface area (Å²) >= 11 is 1.26. The van der Waals surface area contributed by atoms with Crippen LogP contribution >= 0.6 is 11.3 Å². The van der Waals surface area contributed by atoms with Crippen LogP contribution < -0.4 is 9.21 Å². The van der Waals surface area contributed by atoms with Crippen molar-refractivity contribution in [1.82, 2.24) is 9.88 Å². The van der Waals surface area contributed by atoms with E-state index in [-0.39, 0.29) is 6.09 Å². The van der Waals surface area contributed by atoms with Gasteiger partial charge in [0.15, 0.2) is 0 Å². The normalized spacial score (nSPS) is 14.9. The lowest BCUT2D eigenvalue weighted by Crippen LogP contribution is -2.50. The van der Waals surface area contributed by atoms with Crippen LogP contribution in [0.1, 0.15) is 34.1 Å². The van der Waals surface area contributed by atoms with Crippen molar-refractivity contribution in [3.8, 4) is 0 Å². The van der Waals surface area contributed by atoms with E-state index in [9.17, 15) is 13.2 Å². The van der Waals surface area contributed by atoms with Crippen molar-refractivity contribution >= 4 is 49.0 Å². The van der Waals surface area contributed by atoms with Crippen LogP contribution in [0.4, 0.5) is 16.3 Å². The number of benzene rings is 1. The molecule has 1 aliphatic rings. The summed E-state index contributed by atoms with van der Waals surface area (Å²) in [7, 11) is -3.73. The van der Waals surface area contributed by atoms with Gasteiger partial charge in [0.25, 0.3) is 10.0 Å². The van der Waals surface area contributed by atoms with Crippen LogP contribution in [0.25, 0.3) is 10.1 Å². The average molecular weight is 517 g/mol. The zero-order valence-corrected chi connectivity index (χ0v) is 22.2. The van der Waals surface area contributed by atoms with Gasteiger partial charge in [-0.1, -0.05) is 25.1 Å². The molecule has 1 fully saturated rings. The number of carbonyl (C=O) groups excluding carboxylic acids is 1. The second-order valence-electron chi connectivity index (χ2n) is 9.48. The van der Waals surface area contributed by atoms with Crippen LogP contribution in [0.2, 0.25) is 0 Å². The minimum atomic E-state index is -3.73. The minimum Gasteiger partial charge on any atom is -0.444 e. The molecule has 1 amide bonds. The molecular formula is C25H32N4O4S2. The monoisotopic (exact) mass is 516 g/mol. The second kappa shape index (κ2) is 10.0. The van der Waals surface area contributed by atoms with Crippen LogP contribution in [-0.2, 0) is 14.8 Å². The zero-order chi connectivity index (χ0) is 25.2. The van der Waals surface area contributed by atoms with E-state index in [0.29, 0.717) is 49.0 Å². The SMILES string of the molecule is CCCN(c1ccccc1)S(=O)(=O)c1cc2c(N3CCN(C(=O)OC(C)(C)C)CC3)nccc2s1. The Labute approximate surface area is 211 Å². The number of para-hydroxylation sites is 1. The molecular weight excluding hydrogens is 484 g/mol. The molecule has 3 heterocycles.